The molecule has 1 fully saturated rings. The molecule has 4 nitrogen and oxygen atoms in total. The van der Waals surface area contributed by atoms with Crippen molar-refractivity contribution < 1.29 is 14.3 Å². The normalized spacial score (nSPS) is 31.1. The van der Waals surface area contributed by atoms with Crippen molar-refractivity contribution in [3.8, 4) is 0 Å². The van der Waals surface area contributed by atoms with Gasteiger partial charge < -0.3 is 14.8 Å². The third-order valence-electron chi connectivity index (χ3n) is 1.61. The van der Waals surface area contributed by atoms with Gasteiger partial charge in [-0.25, -0.2) is 0 Å². The van der Waals surface area contributed by atoms with E-state index >= 15 is 0 Å². The Balaban J connectivity index is 2.52. The van der Waals surface area contributed by atoms with Gasteiger partial charge in [-0.1, -0.05) is 13.8 Å². The molecule has 1 rings (SSSR count). The molecule has 0 spiro atoms. The summed E-state index contributed by atoms with van der Waals surface area (Å²) in [6, 6.07) is 0. The molecule has 1 saturated heterocycles. The number of carbonyl (C=O) groups excluding carboxylic acids is 1. The lowest BCUT2D eigenvalue weighted by atomic mass is 10.1. The number of rotatable bonds is 2. The van der Waals surface area contributed by atoms with Crippen molar-refractivity contribution in [1.82, 2.24) is 5.32 Å². The standard InChI is InChI=1S/C7H13NO3/c1-4(2)5-6(9)8-7(10-3)11-5/h4-5,7H,1-3H3,(H,8,9). The average molecular weight is 159 g/mol. The lowest BCUT2D eigenvalue weighted by Crippen LogP contribution is -2.30. The van der Waals surface area contributed by atoms with Gasteiger partial charge in [0.05, 0.1) is 0 Å². The van der Waals surface area contributed by atoms with Crippen LogP contribution in [0.3, 0.4) is 0 Å². The summed E-state index contributed by atoms with van der Waals surface area (Å²) in [5.74, 6) is 0.0991. The van der Waals surface area contributed by atoms with Gasteiger partial charge in [0.15, 0.2) is 0 Å². The molecule has 1 amide bonds. The van der Waals surface area contributed by atoms with E-state index in [0.717, 1.165) is 0 Å². The fraction of sp³-hybridized carbons (Fsp3) is 0.857. The minimum atomic E-state index is -0.560. The first-order valence-corrected chi connectivity index (χ1v) is 3.63. The van der Waals surface area contributed by atoms with Crippen LogP contribution in [0.25, 0.3) is 0 Å². The minimum Gasteiger partial charge on any atom is -0.339 e. The van der Waals surface area contributed by atoms with E-state index in [0.29, 0.717) is 0 Å². The summed E-state index contributed by atoms with van der Waals surface area (Å²) in [6.45, 7) is 3.87. The minimum absolute atomic E-state index is 0.0909. The van der Waals surface area contributed by atoms with E-state index in [2.05, 4.69) is 5.32 Å². The predicted molar refractivity (Wildman–Crippen MR) is 38.7 cm³/mol. The third kappa shape index (κ3) is 1.70. The molecule has 64 valence electrons. The molecule has 1 N–H and O–H groups in total. The number of hydrogen-bond donors (Lipinski definition) is 1. The number of carbonyl (C=O) groups is 1. The zero-order chi connectivity index (χ0) is 8.43. The highest BCUT2D eigenvalue weighted by molar-refractivity contribution is 5.82. The Morgan fingerprint density at radius 1 is 1.64 bits per heavy atom. The molecule has 11 heavy (non-hydrogen) atoms. The molecule has 1 heterocycles. The van der Waals surface area contributed by atoms with Crippen LogP contribution in [0.5, 0.6) is 0 Å². The van der Waals surface area contributed by atoms with E-state index in [-0.39, 0.29) is 17.9 Å². The number of nitrogens with one attached hydrogen (secondary N) is 1. The first kappa shape index (κ1) is 8.49. The quantitative estimate of drug-likeness (QED) is 0.621. The average Bonchev–Trinajstić information content (AvgIpc) is 2.30. The van der Waals surface area contributed by atoms with Crippen LogP contribution < -0.4 is 5.32 Å². The second-order valence-corrected chi connectivity index (χ2v) is 2.88. The van der Waals surface area contributed by atoms with Gasteiger partial charge in [-0.15, -0.1) is 0 Å². The topological polar surface area (TPSA) is 47.6 Å². The summed E-state index contributed by atoms with van der Waals surface area (Å²) < 4.78 is 10.0. The van der Waals surface area contributed by atoms with Crippen LogP contribution in [0, 0.1) is 5.92 Å². The number of methoxy groups -OCH3 is 1. The predicted octanol–water partition coefficient (Wildman–Crippen LogP) is 0.0874. The van der Waals surface area contributed by atoms with E-state index in [1.807, 2.05) is 13.8 Å². The molecule has 4 heteroatoms. The van der Waals surface area contributed by atoms with Gasteiger partial charge in [0.2, 0.25) is 6.41 Å². The zero-order valence-electron chi connectivity index (χ0n) is 6.96. The van der Waals surface area contributed by atoms with E-state index in [4.69, 9.17) is 9.47 Å². The maximum absolute atomic E-state index is 11.1. The molecular weight excluding hydrogens is 146 g/mol. The Labute approximate surface area is 65.9 Å². The Hall–Kier alpha value is -0.610. The van der Waals surface area contributed by atoms with Gasteiger partial charge in [0.1, 0.15) is 6.10 Å². The summed E-state index contributed by atoms with van der Waals surface area (Å²) in [7, 11) is 1.49. The van der Waals surface area contributed by atoms with Crippen molar-refractivity contribution in [3.05, 3.63) is 0 Å². The lowest BCUT2D eigenvalue weighted by molar-refractivity contribution is -0.137. The van der Waals surface area contributed by atoms with Crippen LogP contribution in [0.4, 0.5) is 0 Å². The number of amides is 1. The Bertz CT molecular complexity index is 158. The maximum atomic E-state index is 11.1. The fourth-order valence-electron chi connectivity index (χ4n) is 1.00. The monoisotopic (exact) mass is 159 g/mol. The number of hydrogen-bond acceptors (Lipinski definition) is 3. The Kier molecular flexibility index (Phi) is 2.46. The van der Waals surface area contributed by atoms with Crippen molar-refractivity contribution in [2.45, 2.75) is 26.4 Å². The largest absolute Gasteiger partial charge is 0.339 e. The molecule has 1 aliphatic heterocycles. The van der Waals surface area contributed by atoms with Crippen molar-refractivity contribution in [2.75, 3.05) is 7.11 Å². The van der Waals surface area contributed by atoms with Crippen molar-refractivity contribution in [3.63, 3.8) is 0 Å². The summed E-state index contributed by atoms with van der Waals surface area (Å²) in [5.41, 5.74) is 0. The highest BCUT2D eigenvalue weighted by Gasteiger charge is 2.34. The smallest absolute Gasteiger partial charge is 0.253 e. The second-order valence-electron chi connectivity index (χ2n) is 2.88. The van der Waals surface area contributed by atoms with Crippen LogP contribution in [-0.4, -0.2) is 25.5 Å². The molecule has 0 bridgehead atoms. The van der Waals surface area contributed by atoms with Gasteiger partial charge in [0, 0.05) is 7.11 Å². The van der Waals surface area contributed by atoms with Gasteiger partial charge in [-0.2, -0.15) is 0 Å². The van der Waals surface area contributed by atoms with E-state index < -0.39 is 6.41 Å². The SMILES string of the molecule is COC1NC(=O)C(C(C)C)O1. The third-order valence-corrected chi connectivity index (χ3v) is 1.61. The van der Waals surface area contributed by atoms with Crippen molar-refractivity contribution in [2.24, 2.45) is 5.92 Å². The zero-order valence-corrected chi connectivity index (χ0v) is 6.96. The molecule has 2 atom stereocenters. The molecule has 1 aliphatic rings. The first-order valence-electron chi connectivity index (χ1n) is 3.63. The molecular formula is C7H13NO3. The molecule has 0 radical (unpaired) electrons. The summed E-state index contributed by atoms with van der Waals surface area (Å²) in [4.78, 5) is 11.1. The van der Waals surface area contributed by atoms with Gasteiger partial charge in [-0.05, 0) is 5.92 Å². The summed E-state index contributed by atoms with van der Waals surface area (Å²) in [6.07, 6.45) is -0.921. The van der Waals surface area contributed by atoms with Crippen LogP contribution in [-0.2, 0) is 14.3 Å². The lowest BCUT2D eigenvalue weighted by Gasteiger charge is -2.11. The van der Waals surface area contributed by atoms with Crippen LogP contribution >= 0.6 is 0 Å². The van der Waals surface area contributed by atoms with Crippen LogP contribution in [0.2, 0.25) is 0 Å². The molecule has 0 aromatic carbocycles. The van der Waals surface area contributed by atoms with Gasteiger partial charge >= 0.3 is 0 Å². The fourth-order valence-corrected chi connectivity index (χ4v) is 1.00. The first-order chi connectivity index (χ1) is 5.15. The van der Waals surface area contributed by atoms with Crippen LogP contribution in [0.15, 0.2) is 0 Å². The molecule has 0 aliphatic carbocycles. The van der Waals surface area contributed by atoms with E-state index in [1.54, 1.807) is 0 Å². The van der Waals surface area contributed by atoms with Gasteiger partial charge in [-0.3, -0.25) is 4.79 Å². The summed E-state index contributed by atoms with van der Waals surface area (Å²) in [5, 5.41) is 2.55. The van der Waals surface area contributed by atoms with E-state index in [1.165, 1.54) is 7.11 Å². The summed E-state index contributed by atoms with van der Waals surface area (Å²) >= 11 is 0. The Morgan fingerprint density at radius 2 is 2.27 bits per heavy atom. The Morgan fingerprint density at radius 3 is 2.55 bits per heavy atom. The maximum Gasteiger partial charge on any atom is 0.253 e. The molecule has 0 aromatic heterocycles. The molecule has 0 aromatic rings. The highest BCUT2D eigenvalue weighted by Crippen LogP contribution is 2.14. The van der Waals surface area contributed by atoms with Crippen molar-refractivity contribution in [1.29, 1.82) is 0 Å². The van der Waals surface area contributed by atoms with Gasteiger partial charge in [0.25, 0.3) is 5.91 Å². The molecule has 0 saturated carbocycles. The molecule has 2 unspecified atom stereocenters. The number of ether oxygens (including phenoxy) is 2. The highest BCUT2D eigenvalue weighted by atomic mass is 16.7. The van der Waals surface area contributed by atoms with E-state index in [9.17, 15) is 4.79 Å². The van der Waals surface area contributed by atoms with Crippen molar-refractivity contribution >= 4 is 5.91 Å². The van der Waals surface area contributed by atoms with Crippen LogP contribution in [0.1, 0.15) is 13.8 Å². The second kappa shape index (κ2) is 3.19.